The summed E-state index contributed by atoms with van der Waals surface area (Å²) in [7, 11) is -4.49. The van der Waals surface area contributed by atoms with Crippen molar-refractivity contribution in [1.29, 1.82) is 0 Å². The van der Waals surface area contributed by atoms with Crippen molar-refractivity contribution in [3.05, 3.63) is 107 Å². The lowest BCUT2D eigenvalue weighted by molar-refractivity contribution is -0.00349. The van der Waals surface area contributed by atoms with Gasteiger partial charge in [-0.15, -0.1) is 0 Å². The van der Waals surface area contributed by atoms with Crippen molar-refractivity contribution in [1.82, 2.24) is 0 Å². The summed E-state index contributed by atoms with van der Waals surface area (Å²) in [6.45, 7) is 0. The maximum absolute atomic E-state index is 12.8. The smallest absolute Gasteiger partial charge is 0.268 e. The molecule has 8 N–H and O–H groups in total. The molecule has 1 fully saturated rings. The van der Waals surface area contributed by atoms with Crippen LogP contribution in [0.2, 0.25) is 0 Å². The molecule has 4 atom stereocenters. The summed E-state index contributed by atoms with van der Waals surface area (Å²) < 4.78 is 42.6. The Labute approximate surface area is 270 Å². The highest BCUT2D eigenvalue weighted by molar-refractivity contribution is 7.86. The zero-order valence-corrected chi connectivity index (χ0v) is 26.5. The lowest BCUT2D eigenvalue weighted by Crippen LogP contribution is -2.39. The third-order valence-electron chi connectivity index (χ3n) is 9.21. The lowest BCUT2D eigenvalue weighted by Gasteiger charge is -2.34. The number of aliphatic hydroxyl groups is 2. The number of phenolic OH excluding ortho intramolecular Hbond substituents is 1. The first-order chi connectivity index (χ1) is 21.8. The predicted molar refractivity (Wildman–Crippen MR) is 177 cm³/mol. The van der Waals surface area contributed by atoms with Crippen LogP contribution in [0.3, 0.4) is 0 Å². The van der Waals surface area contributed by atoms with Gasteiger partial charge in [-0.1, -0.05) is 73.5 Å². The maximum Gasteiger partial charge on any atom is 0.268 e. The number of nitrogens with zero attached hydrogens (tertiary/aromatic N) is 1. The van der Waals surface area contributed by atoms with E-state index in [0.29, 0.717) is 49.0 Å². The van der Waals surface area contributed by atoms with E-state index in [-0.39, 0.29) is 24.6 Å². The molecule has 5 aliphatic rings. The monoisotopic (exact) mass is 649 g/mol. The molecule has 11 heteroatoms. The average molecular weight is 650 g/mol. The highest BCUT2D eigenvalue weighted by Gasteiger charge is 2.40. The SMILES string of the molecule is NC(N)=N[C@]1(CCC2(O)CCCC2)Oc2ccc(cc2)CC[C@@H](S(=O)(=O)O)[C@H](/C=C/[C@@H](O)c2ccc(O)cc2)Cc2ccc1cc2. The molecule has 0 unspecified atom stereocenters. The van der Waals surface area contributed by atoms with E-state index in [0.717, 1.165) is 24.0 Å². The number of nitrogens with two attached hydrogens (primary N) is 2. The first-order valence-corrected chi connectivity index (χ1v) is 17.2. The third kappa shape index (κ3) is 8.27. The third-order valence-corrected chi connectivity index (χ3v) is 10.6. The minimum Gasteiger partial charge on any atom is -0.508 e. The zero-order chi connectivity index (χ0) is 33.0. The number of rotatable bonds is 8. The van der Waals surface area contributed by atoms with E-state index in [1.54, 1.807) is 30.3 Å². The van der Waals surface area contributed by atoms with Crippen molar-refractivity contribution >= 4 is 16.1 Å². The Morgan fingerprint density at radius 1 is 0.957 bits per heavy atom. The number of phenols is 1. The van der Waals surface area contributed by atoms with Crippen molar-refractivity contribution in [2.45, 2.75) is 80.5 Å². The topological polar surface area (TPSA) is 189 Å². The van der Waals surface area contributed by atoms with Crippen LogP contribution in [0.25, 0.3) is 0 Å². The second-order valence-corrected chi connectivity index (χ2v) is 14.2. The van der Waals surface area contributed by atoms with Gasteiger partial charge >= 0.3 is 0 Å². The molecule has 246 valence electrons. The summed E-state index contributed by atoms with van der Waals surface area (Å²) >= 11 is 0. The number of hydrogen-bond donors (Lipinski definition) is 6. The van der Waals surface area contributed by atoms with Gasteiger partial charge in [-0.25, -0.2) is 4.99 Å². The molecule has 0 saturated heterocycles. The van der Waals surface area contributed by atoms with Crippen molar-refractivity contribution in [3.63, 3.8) is 0 Å². The molecule has 0 aromatic heterocycles. The normalized spacial score (nSPS) is 23.8. The molecule has 10 nitrogen and oxygen atoms in total. The molecule has 4 bridgehead atoms. The van der Waals surface area contributed by atoms with Gasteiger partial charge in [0.25, 0.3) is 10.1 Å². The Balaban J connectivity index is 1.55. The van der Waals surface area contributed by atoms with E-state index in [1.807, 2.05) is 36.4 Å². The van der Waals surface area contributed by atoms with Gasteiger partial charge in [0.1, 0.15) is 11.5 Å². The molecule has 1 saturated carbocycles. The molecule has 8 rings (SSSR count). The van der Waals surface area contributed by atoms with E-state index >= 15 is 0 Å². The quantitative estimate of drug-likeness (QED) is 0.0875. The van der Waals surface area contributed by atoms with Crippen LogP contribution in [0.15, 0.2) is 89.9 Å². The number of ether oxygens (including phenoxy) is 1. The maximum atomic E-state index is 12.8. The van der Waals surface area contributed by atoms with E-state index < -0.39 is 38.7 Å². The largest absolute Gasteiger partial charge is 0.508 e. The summed E-state index contributed by atoms with van der Waals surface area (Å²) in [5, 5.41) is 30.5. The molecule has 0 spiro atoms. The number of hydrogen-bond acceptors (Lipinski definition) is 7. The molecule has 0 amide bonds. The van der Waals surface area contributed by atoms with Gasteiger partial charge in [-0.2, -0.15) is 8.42 Å². The Kier molecular flexibility index (Phi) is 10.1. The van der Waals surface area contributed by atoms with E-state index in [9.17, 15) is 28.3 Å². The minimum atomic E-state index is -4.49. The molecule has 4 aliphatic heterocycles. The number of aliphatic imine (C=N–C) groups is 1. The molecule has 0 radical (unpaired) electrons. The van der Waals surface area contributed by atoms with Gasteiger partial charge in [0.05, 0.1) is 17.0 Å². The number of allylic oxidation sites excluding steroid dienone is 1. The van der Waals surface area contributed by atoms with Crippen LogP contribution in [0.1, 0.15) is 73.3 Å². The summed E-state index contributed by atoms with van der Waals surface area (Å²) in [6.07, 6.45) is 6.89. The highest BCUT2D eigenvalue weighted by atomic mass is 32.2. The van der Waals surface area contributed by atoms with Gasteiger partial charge < -0.3 is 31.5 Å². The fraction of sp³-hybridized carbons (Fsp3) is 0.400. The van der Waals surface area contributed by atoms with Crippen LogP contribution < -0.4 is 16.2 Å². The van der Waals surface area contributed by atoms with Gasteiger partial charge in [0.15, 0.2) is 5.96 Å². The fourth-order valence-electron chi connectivity index (χ4n) is 6.63. The van der Waals surface area contributed by atoms with Crippen LogP contribution in [0.4, 0.5) is 0 Å². The number of aryl methyl sites for hydroxylation is 1. The summed E-state index contributed by atoms with van der Waals surface area (Å²) in [6, 6.07) is 20.7. The highest BCUT2D eigenvalue weighted by Crippen LogP contribution is 2.41. The van der Waals surface area contributed by atoms with Crippen LogP contribution in [-0.4, -0.2) is 45.1 Å². The van der Waals surface area contributed by atoms with Gasteiger partial charge in [0, 0.05) is 17.9 Å². The molecule has 1 aliphatic carbocycles. The lowest BCUT2D eigenvalue weighted by atomic mass is 9.87. The molecular formula is C35H43N3O7S. The van der Waals surface area contributed by atoms with Crippen LogP contribution >= 0.6 is 0 Å². The second-order valence-electron chi connectivity index (χ2n) is 12.6. The molecule has 4 heterocycles. The molecular weight excluding hydrogens is 606 g/mol. The van der Waals surface area contributed by atoms with E-state index in [1.165, 1.54) is 18.2 Å². The first-order valence-electron chi connectivity index (χ1n) is 15.7. The van der Waals surface area contributed by atoms with Crippen LogP contribution in [0, 0.1) is 5.92 Å². The van der Waals surface area contributed by atoms with Gasteiger partial charge in [-0.05, 0) is 79.5 Å². The standard InChI is InChI=1S/C35H43N3O7S/c36-33(37)38-35(22-21-34(41)19-1-2-20-34)28-11-3-25(4-12-28)23-27(10-17-31(40)26-8-13-29(39)14-9-26)32(46(42,43)44)18-7-24-5-15-30(45-35)16-6-24/h3-6,8-17,27,31-32,39-41H,1-2,7,18-23H2,(H4,36,37,38)(H,42,43,44)/b17-10+/t27-,31-,32-,35-/m1/s1. The summed E-state index contributed by atoms with van der Waals surface area (Å²) in [5.74, 6) is -0.285. The van der Waals surface area contributed by atoms with Crippen molar-refractivity contribution < 1.29 is 33.0 Å². The van der Waals surface area contributed by atoms with E-state index in [4.69, 9.17) is 16.2 Å². The number of guanidine groups is 1. The Bertz CT molecular complexity index is 1630. The zero-order valence-electron chi connectivity index (χ0n) is 25.7. The van der Waals surface area contributed by atoms with Gasteiger partial charge in [-0.3, -0.25) is 4.55 Å². The first kappa shape index (κ1) is 33.5. The molecule has 46 heavy (non-hydrogen) atoms. The molecule has 3 aromatic carbocycles. The Morgan fingerprint density at radius 3 is 2.20 bits per heavy atom. The summed E-state index contributed by atoms with van der Waals surface area (Å²) in [4.78, 5) is 4.61. The number of aliphatic hydroxyl groups excluding tert-OH is 1. The average Bonchev–Trinajstić information content (AvgIpc) is 3.45. The number of aromatic hydroxyl groups is 1. The minimum absolute atomic E-state index is 0.0633. The van der Waals surface area contributed by atoms with E-state index in [2.05, 4.69) is 4.99 Å². The van der Waals surface area contributed by atoms with Crippen molar-refractivity contribution in [3.8, 4) is 11.5 Å². The summed E-state index contributed by atoms with van der Waals surface area (Å²) in [5.41, 5.74) is 12.6. The van der Waals surface area contributed by atoms with Crippen LogP contribution in [-0.2, 0) is 28.7 Å². The van der Waals surface area contributed by atoms with Crippen molar-refractivity contribution in [2.24, 2.45) is 22.4 Å². The van der Waals surface area contributed by atoms with Crippen LogP contribution in [0.5, 0.6) is 11.5 Å². The van der Waals surface area contributed by atoms with Gasteiger partial charge in [0.2, 0.25) is 5.72 Å². The predicted octanol–water partition coefficient (Wildman–Crippen LogP) is 4.63. The molecule has 3 aromatic rings. The Hall–Kier alpha value is -3.90. The Morgan fingerprint density at radius 2 is 1.59 bits per heavy atom. The second kappa shape index (κ2) is 13.8. The number of benzene rings is 3. The van der Waals surface area contributed by atoms with Crippen molar-refractivity contribution in [2.75, 3.05) is 0 Å². The fourth-order valence-corrected chi connectivity index (χ4v) is 7.68.